The number of allylic oxidation sites excluding steroid dienone is 1. The Kier molecular flexibility index (Phi) is 6.51. The first kappa shape index (κ1) is 18.0. The van der Waals surface area contributed by atoms with Crippen LogP contribution in [0.4, 0.5) is 5.69 Å². The smallest absolute Gasteiger partial charge is 0.255 e. The van der Waals surface area contributed by atoms with Crippen LogP contribution in [0.1, 0.15) is 55.3 Å². The molecule has 1 aromatic rings. The number of likely N-dealkylation sites (tertiary alicyclic amines) is 1. The Morgan fingerprint density at radius 3 is 2.92 bits per heavy atom. The maximum Gasteiger partial charge on any atom is 0.255 e. The van der Waals surface area contributed by atoms with Crippen LogP contribution >= 0.6 is 0 Å². The van der Waals surface area contributed by atoms with Gasteiger partial charge in [-0.3, -0.25) is 4.79 Å². The zero-order chi connectivity index (χ0) is 17.5. The van der Waals surface area contributed by atoms with E-state index in [0.29, 0.717) is 6.54 Å². The number of hydrogen-bond donors (Lipinski definition) is 2. The van der Waals surface area contributed by atoms with E-state index in [1.54, 1.807) is 5.57 Å². The number of carbonyl (C=O) groups excluding carboxylic acids is 1. The van der Waals surface area contributed by atoms with Crippen LogP contribution in [0, 0.1) is 5.92 Å². The summed E-state index contributed by atoms with van der Waals surface area (Å²) >= 11 is 0. The van der Waals surface area contributed by atoms with E-state index in [9.17, 15) is 9.90 Å². The number of rotatable bonds is 6. The van der Waals surface area contributed by atoms with Gasteiger partial charge in [-0.2, -0.15) is 0 Å². The zero-order valence-corrected chi connectivity index (χ0v) is 15.0. The molecule has 1 aromatic carbocycles. The van der Waals surface area contributed by atoms with Gasteiger partial charge in [0.15, 0.2) is 0 Å². The van der Waals surface area contributed by atoms with Gasteiger partial charge in [-0.05, 0) is 63.0 Å². The Labute approximate surface area is 150 Å². The number of amides is 1. The van der Waals surface area contributed by atoms with Gasteiger partial charge in [-0.15, -0.1) is 0 Å². The third kappa shape index (κ3) is 4.85. The van der Waals surface area contributed by atoms with E-state index in [4.69, 9.17) is 0 Å². The molecule has 0 spiro atoms. The van der Waals surface area contributed by atoms with Crippen molar-refractivity contribution in [3.05, 3.63) is 41.5 Å². The molecule has 0 saturated carbocycles. The molecule has 1 fully saturated rings. The van der Waals surface area contributed by atoms with E-state index in [2.05, 4.69) is 11.4 Å². The number of aliphatic hydroxyl groups excluding tert-OH is 1. The number of nitrogens with one attached hydrogen (secondary N) is 1. The molecule has 0 radical (unpaired) electrons. The highest BCUT2D eigenvalue weighted by molar-refractivity contribution is 5.99. The lowest BCUT2D eigenvalue weighted by Crippen LogP contribution is -2.41. The molecule has 2 aliphatic rings. The fraction of sp³-hybridized carbons (Fsp3) is 0.571. The summed E-state index contributed by atoms with van der Waals surface area (Å²) in [5, 5.41) is 12.9. The quantitative estimate of drug-likeness (QED) is 0.773. The Hall–Kier alpha value is -1.81. The van der Waals surface area contributed by atoms with Crippen molar-refractivity contribution in [2.24, 2.45) is 5.92 Å². The SMILES string of the molecule is O=C(c1ccccc1NCCC1=CCCCC1)N1CCCC(CO)C1. The first-order valence-electron chi connectivity index (χ1n) is 9.69. The van der Waals surface area contributed by atoms with E-state index in [-0.39, 0.29) is 18.4 Å². The number of hydrogen-bond acceptors (Lipinski definition) is 3. The van der Waals surface area contributed by atoms with E-state index in [0.717, 1.165) is 43.6 Å². The summed E-state index contributed by atoms with van der Waals surface area (Å²) < 4.78 is 0. The molecule has 1 amide bonds. The van der Waals surface area contributed by atoms with E-state index < -0.39 is 0 Å². The standard InChI is InChI=1S/C21H30N2O2/c24-16-18-9-6-14-23(15-18)21(25)19-10-4-5-11-20(19)22-13-12-17-7-2-1-3-8-17/h4-5,7,10-11,18,22,24H,1-3,6,8-9,12-16H2. The van der Waals surface area contributed by atoms with Gasteiger partial charge in [-0.1, -0.05) is 23.8 Å². The minimum atomic E-state index is 0.0816. The highest BCUT2D eigenvalue weighted by Crippen LogP contribution is 2.23. The second-order valence-electron chi connectivity index (χ2n) is 7.27. The Morgan fingerprint density at radius 2 is 2.12 bits per heavy atom. The van der Waals surface area contributed by atoms with Crippen molar-refractivity contribution in [1.29, 1.82) is 0 Å². The van der Waals surface area contributed by atoms with Crippen LogP contribution in [-0.2, 0) is 0 Å². The molecule has 1 aliphatic heterocycles. The molecule has 1 heterocycles. The van der Waals surface area contributed by atoms with Crippen LogP contribution < -0.4 is 5.32 Å². The van der Waals surface area contributed by atoms with E-state index in [1.165, 1.54) is 25.7 Å². The molecule has 136 valence electrons. The number of aliphatic hydroxyl groups is 1. The van der Waals surface area contributed by atoms with Crippen LogP contribution in [0.2, 0.25) is 0 Å². The summed E-state index contributed by atoms with van der Waals surface area (Å²) in [5.74, 6) is 0.300. The van der Waals surface area contributed by atoms with Crippen LogP contribution in [0.15, 0.2) is 35.9 Å². The summed E-state index contributed by atoms with van der Waals surface area (Å²) in [4.78, 5) is 14.8. The second kappa shape index (κ2) is 9.04. The number of anilines is 1. The third-order valence-corrected chi connectivity index (χ3v) is 5.37. The number of piperidine rings is 1. The predicted octanol–water partition coefficient (Wildman–Crippen LogP) is 3.83. The molecule has 0 bridgehead atoms. The minimum absolute atomic E-state index is 0.0816. The molecule has 1 atom stereocenters. The van der Waals surface area contributed by atoms with Crippen molar-refractivity contribution in [2.45, 2.75) is 44.9 Å². The third-order valence-electron chi connectivity index (χ3n) is 5.37. The molecular formula is C21H30N2O2. The second-order valence-corrected chi connectivity index (χ2v) is 7.27. The van der Waals surface area contributed by atoms with Gasteiger partial charge in [0.05, 0.1) is 5.56 Å². The molecular weight excluding hydrogens is 312 g/mol. The molecule has 1 aliphatic carbocycles. The Bertz CT molecular complexity index is 612. The summed E-state index contributed by atoms with van der Waals surface area (Å²) in [6, 6.07) is 7.81. The summed E-state index contributed by atoms with van der Waals surface area (Å²) in [7, 11) is 0. The molecule has 0 aromatic heterocycles. The van der Waals surface area contributed by atoms with Crippen molar-refractivity contribution in [3.63, 3.8) is 0 Å². The van der Waals surface area contributed by atoms with Gasteiger partial charge in [0.25, 0.3) is 5.91 Å². The number of carbonyl (C=O) groups is 1. The van der Waals surface area contributed by atoms with Gasteiger partial charge >= 0.3 is 0 Å². The van der Waals surface area contributed by atoms with Crippen LogP contribution in [0.25, 0.3) is 0 Å². The van der Waals surface area contributed by atoms with Gasteiger partial charge in [0.2, 0.25) is 0 Å². The summed E-state index contributed by atoms with van der Waals surface area (Å²) in [6.07, 6.45) is 10.5. The van der Waals surface area contributed by atoms with Crippen molar-refractivity contribution in [2.75, 3.05) is 31.6 Å². The van der Waals surface area contributed by atoms with Crippen LogP contribution in [-0.4, -0.2) is 42.2 Å². The fourth-order valence-electron chi connectivity index (χ4n) is 3.88. The van der Waals surface area contributed by atoms with Crippen LogP contribution in [0.3, 0.4) is 0 Å². The maximum absolute atomic E-state index is 12.9. The van der Waals surface area contributed by atoms with Crippen molar-refractivity contribution < 1.29 is 9.90 Å². The van der Waals surface area contributed by atoms with Gasteiger partial charge < -0.3 is 15.3 Å². The van der Waals surface area contributed by atoms with Gasteiger partial charge in [-0.25, -0.2) is 0 Å². The normalized spacial score (nSPS) is 20.9. The molecule has 1 saturated heterocycles. The fourth-order valence-corrected chi connectivity index (χ4v) is 3.88. The topological polar surface area (TPSA) is 52.6 Å². The Morgan fingerprint density at radius 1 is 1.24 bits per heavy atom. The molecule has 4 heteroatoms. The monoisotopic (exact) mass is 342 g/mol. The molecule has 25 heavy (non-hydrogen) atoms. The minimum Gasteiger partial charge on any atom is -0.396 e. The average molecular weight is 342 g/mol. The highest BCUT2D eigenvalue weighted by atomic mass is 16.3. The Balaban J connectivity index is 1.61. The first-order valence-corrected chi connectivity index (χ1v) is 9.69. The lowest BCUT2D eigenvalue weighted by Gasteiger charge is -2.32. The summed E-state index contributed by atoms with van der Waals surface area (Å²) in [5.41, 5.74) is 3.22. The predicted molar refractivity (Wildman–Crippen MR) is 102 cm³/mol. The average Bonchev–Trinajstić information content (AvgIpc) is 2.69. The van der Waals surface area contributed by atoms with Crippen molar-refractivity contribution in [3.8, 4) is 0 Å². The van der Waals surface area contributed by atoms with E-state index in [1.807, 2.05) is 29.2 Å². The highest BCUT2D eigenvalue weighted by Gasteiger charge is 2.25. The van der Waals surface area contributed by atoms with E-state index >= 15 is 0 Å². The lowest BCUT2D eigenvalue weighted by molar-refractivity contribution is 0.0621. The summed E-state index contributed by atoms with van der Waals surface area (Å²) in [6.45, 7) is 2.49. The maximum atomic E-state index is 12.9. The molecule has 2 N–H and O–H groups in total. The van der Waals surface area contributed by atoms with Crippen LogP contribution in [0.5, 0.6) is 0 Å². The van der Waals surface area contributed by atoms with Crippen molar-refractivity contribution in [1.82, 2.24) is 4.90 Å². The number of nitrogens with zero attached hydrogens (tertiary/aromatic N) is 1. The largest absolute Gasteiger partial charge is 0.396 e. The van der Waals surface area contributed by atoms with Crippen molar-refractivity contribution >= 4 is 11.6 Å². The lowest BCUT2D eigenvalue weighted by atomic mass is 9.97. The molecule has 4 nitrogen and oxygen atoms in total. The van der Waals surface area contributed by atoms with Gasteiger partial charge in [0, 0.05) is 31.9 Å². The molecule has 1 unspecified atom stereocenters. The number of para-hydroxylation sites is 1. The number of benzene rings is 1. The van der Waals surface area contributed by atoms with Gasteiger partial charge in [0.1, 0.15) is 0 Å². The zero-order valence-electron chi connectivity index (χ0n) is 15.0. The molecule has 3 rings (SSSR count). The first-order chi connectivity index (χ1) is 12.3.